The van der Waals surface area contributed by atoms with E-state index in [0.717, 1.165) is 27.2 Å². The van der Waals surface area contributed by atoms with E-state index in [1.165, 1.54) is 67.8 Å². The number of urea groups is 3. The highest BCUT2D eigenvalue weighted by atomic mass is 19.1. The molecule has 6 atom stereocenters. The molecule has 8 heterocycles. The Labute approximate surface area is 478 Å². The Balaban J connectivity index is 0.952. The number of benzene rings is 5. The van der Waals surface area contributed by atoms with Crippen molar-refractivity contribution < 1.29 is 56.3 Å². The number of alkyl halides is 1. The molecule has 2 saturated heterocycles. The van der Waals surface area contributed by atoms with E-state index in [1.807, 2.05) is 47.0 Å². The number of rotatable bonds is 5. The van der Waals surface area contributed by atoms with Crippen LogP contribution in [0.25, 0.3) is 32.9 Å². The number of aromatic nitrogens is 2. The molecule has 84 heavy (non-hydrogen) atoms. The number of amides is 12. The van der Waals surface area contributed by atoms with Crippen molar-refractivity contribution in [1.82, 2.24) is 57.0 Å². The minimum Gasteiger partial charge on any atom is -0.368 e. The van der Waals surface area contributed by atoms with Crippen LogP contribution in [0.1, 0.15) is 70.8 Å². The van der Waals surface area contributed by atoms with Gasteiger partial charge in [0.05, 0.1) is 0 Å². The normalized spacial score (nSPS) is 22.7. The van der Waals surface area contributed by atoms with Gasteiger partial charge in [0.2, 0.25) is 23.6 Å². The second-order valence-electron chi connectivity index (χ2n) is 21.3. The second-order valence-corrected chi connectivity index (χ2v) is 21.3. The number of nitrogens with zero attached hydrogens (tertiary/aromatic N) is 2. The maximum atomic E-state index is 16.3. The molecule has 11 N–H and O–H groups in total. The number of H-pyrrole nitrogens is 2. The Bertz CT molecular complexity index is 3720. The summed E-state index contributed by atoms with van der Waals surface area (Å²) in [5, 5.41) is 18.1. The van der Waals surface area contributed by atoms with Crippen molar-refractivity contribution in [1.29, 1.82) is 0 Å². The highest BCUT2D eigenvalue weighted by molar-refractivity contribution is 6.07. The molecule has 2 fully saturated rings. The molecular formula is C60H59F3N12O9. The molecule has 24 heteroatoms. The molecule has 0 aliphatic carbocycles. The Morgan fingerprint density at radius 1 is 0.631 bits per heavy atom. The molecule has 6 aliphatic rings. The monoisotopic (exact) mass is 1150 g/mol. The molecule has 7 aromatic rings. The highest BCUT2D eigenvalue weighted by Crippen LogP contribution is 2.31. The predicted octanol–water partition coefficient (Wildman–Crippen LogP) is 5.28. The molecule has 2 aromatic heterocycles. The number of fused-ring (bicyclic) bond motifs is 5. The Hall–Kier alpha value is -9.84. The average Bonchev–Trinajstić information content (AvgIpc) is 4.40. The van der Waals surface area contributed by atoms with Crippen LogP contribution in [0, 0.1) is 11.6 Å². The first-order chi connectivity index (χ1) is 40.3. The topological polar surface area (TPSA) is 302 Å². The number of imide groups is 3. The molecule has 0 radical (unpaired) electrons. The van der Waals surface area contributed by atoms with Gasteiger partial charge in [-0.2, -0.15) is 0 Å². The van der Waals surface area contributed by atoms with E-state index in [9.17, 15) is 51.9 Å². The number of carbonyl (C=O) groups excluding carboxylic acids is 9. The van der Waals surface area contributed by atoms with Gasteiger partial charge in [0, 0.05) is 78.7 Å². The third-order valence-corrected chi connectivity index (χ3v) is 15.7. The summed E-state index contributed by atoms with van der Waals surface area (Å²) in [7, 11) is 0. The summed E-state index contributed by atoms with van der Waals surface area (Å²) in [6.07, 6.45) is -0.361. The number of halogens is 3. The molecule has 12 amide bonds. The summed E-state index contributed by atoms with van der Waals surface area (Å²) in [6, 6.07) is 19.2. The van der Waals surface area contributed by atoms with Crippen molar-refractivity contribution in [2.45, 2.75) is 101 Å². The van der Waals surface area contributed by atoms with E-state index in [2.05, 4.69) is 36.6 Å². The maximum absolute atomic E-state index is 16.3. The summed E-state index contributed by atoms with van der Waals surface area (Å²) in [5.74, 6) is -7.12. The molecule has 21 nitrogen and oxygen atoms in total. The Morgan fingerprint density at radius 2 is 1.19 bits per heavy atom. The third kappa shape index (κ3) is 12.6. The van der Waals surface area contributed by atoms with Gasteiger partial charge in [-0.25, -0.2) is 27.6 Å². The molecule has 434 valence electrons. The van der Waals surface area contributed by atoms with Crippen molar-refractivity contribution in [2.75, 3.05) is 6.54 Å². The first kappa shape index (κ1) is 57.4. The molecule has 0 spiro atoms. The lowest BCUT2D eigenvalue weighted by atomic mass is 9.96. The Morgan fingerprint density at radius 3 is 1.80 bits per heavy atom. The quantitative estimate of drug-likeness (QED) is 0.0996. The van der Waals surface area contributed by atoms with Crippen LogP contribution in [0.5, 0.6) is 0 Å². The lowest BCUT2D eigenvalue weighted by Gasteiger charge is -2.34. The summed E-state index contributed by atoms with van der Waals surface area (Å²) >= 11 is 0. The molecule has 5 aromatic carbocycles. The van der Waals surface area contributed by atoms with Crippen molar-refractivity contribution in [3.05, 3.63) is 167 Å². The summed E-state index contributed by atoms with van der Waals surface area (Å²) in [6.45, 7) is 2.44. The average molecular weight is 1150 g/mol. The van der Waals surface area contributed by atoms with Gasteiger partial charge in [-0.3, -0.25) is 49.6 Å². The van der Waals surface area contributed by atoms with E-state index < -0.39 is 114 Å². The largest absolute Gasteiger partial charge is 0.368 e. The fraction of sp³-hybridized carbons (Fsp3) is 0.283. The predicted molar refractivity (Wildman–Crippen MR) is 301 cm³/mol. The lowest BCUT2D eigenvalue weighted by Crippen LogP contribution is -2.62. The zero-order chi connectivity index (χ0) is 59.4. The zero-order valence-electron chi connectivity index (χ0n) is 45.3. The van der Waals surface area contributed by atoms with E-state index in [0.29, 0.717) is 52.0 Å². The van der Waals surface area contributed by atoms with Crippen LogP contribution >= 0.6 is 0 Å². The molecule has 6 bridgehead atoms. The lowest BCUT2D eigenvalue weighted by molar-refractivity contribution is -0.146. The minimum atomic E-state index is -2.17. The standard InChI is InChI=1S/C60H59F3N12O9/c1-60-21-2-22-74(60)59(84)73-58(83)72-54(79)49-19-20-50(63)75(49)55(80)48(25-39-31-67-45-18-16-41(62)27-43(39)45)68-53(78)47(24-38-30-66-44-17-15-40(61)26-42(38)44)70-57(82)71-52(77)37-13-11-36(12-14-37)35-9-7-34(8-10-35)29-65-28-33-5-3-32(4-6-33)23-46(51(64)76)69-56(60)81/h3-18,26-27,30-31,46-50,65-67H,2,19-25,28-29H2,1H3,(H2,64,76)(H,68,78)(H,69,81)(H2,70,71,77,82)(H2,72,73,79,83,84)/t46-,47+,48+,49-,50+,60-/m0/s1. The van der Waals surface area contributed by atoms with Gasteiger partial charge < -0.3 is 41.9 Å². The maximum Gasteiger partial charge on any atom is 0.329 e. The number of nitrogens with one attached hydrogen (secondary N) is 9. The first-order valence-corrected chi connectivity index (χ1v) is 27.2. The zero-order valence-corrected chi connectivity index (χ0v) is 45.3. The minimum absolute atomic E-state index is 0.0167. The van der Waals surface area contributed by atoms with Crippen molar-refractivity contribution in [2.24, 2.45) is 5.73 Å². The third-order valence-electron chi connectivity index (χ3n) is 15.7. The van der Waals surface area contributed by atoms with Crippen LogP contribution in [-0.2, 0) is 56.3 Å². The number of hydrogen-bond acceptors (Lipinski definition) is 10. The van der Waals surface area contributed by atoms with Gasteiger partial charge in [-0.1, -0.05) is 60.7 Å². The number of aromatic amines is 2. The van der Waals surface area contributed by atoms with Crippen LogP contribution in [0.15, 0.2) is 122 Å². The van der Waals surface area contributed by atoms with Crippen LogP contribution < -0.4 is 43.0 Å². The number of carbonyl (C=O) groups is 9. The van der Waals surface area contributed by atoms with E-state index in [-0.39, 0.29) is 48.7 Å². The van der Waals surface area contributed by atoms with Gasteiger partial charge in [0.25, 0.3) is 11.8 Å². The van der Waals surface area contributed by atoms with E-state index in [1.54, 1.807) is 24.3 Å². The number of primary amides is 1. The van der Waals surface area contributed by atoms with E-state index >= 15 is 4.39 Å². The molecule has 0 unspecified atom stereocenters. The number of hydrogen-bond donors (Lipinski definition) is 10. The molecule has 6 aliphatic heterocycles. The fourth-order valence-electron chi connectivity index (χ4n) is 11.1. The molecule has 0 saturated carbocycles. The Kier molecular flexibility index (Phi) is 16.6. The van der Waals surface area contributed by atoms with Gasteiger partial charge in [0.15, 0.2) is 6.30 Å². The SMILES string of the molecule is C[C@@]12CCCN1C(=O)NC(=O)NC(=O)[C@@H]1CC[C@H](F)N1C(=O)[C@@H](Cc1c[nH]c3ccc(F)cc13)NC(=O)[C@@H](Cc1c[nH]c3ccc(F)cc13)NC(=O)NC(=O)c1ccc(cc1)-c1ccc(cc1)CNCc1ccc(cc1)C[C@@H](C(N)=O)NC2=O. The van der Waals surface area contributed by atoms with Gasteiger partial charge >= 0.3 is 18.1 Å². The fourth-order valence-corrected chi connectivity index (χ4v) is 11.1. The van der Waals surface area contributed by atoms with Gasteiger partial charge in [-0.05, 0) is 120 Å². The van der Waals surface area contributed by atoms with Crippen molar-refractivity contribution >= 4 is 75.3 Å². The first-order valence-electron chi connectivity index (χ1n) is 27.2. The highest BCUT2D eigenvalue weighted by Gasteiger charge is 2.48. The van der Waals surface area contributed by atoms with Crippen LogP contribution in [0.2, 0.25) is 0 Å². The molecular weight excluding hydrogens is 1090 g/mol. The molecule has 13 rings (SSSR count). The van der Waals surface area contributed by atoms with Crippen LogP contribution in [0.4, 0.5) is 27.6 Å². The number of nitrogens with two attached hydrogens (primary N) is 1. The van der Waals surface area contributed by atoms with Crippen molar-refractivity contribution in [3.63, 3.8) is 0 Å². The summed E-state index contributed by atoms with van der Waals surface area (Å²) in [4.78, 5) is 133. The summed E-state index contributed by atoms with van der Waals surface area (Å²) < 4.78 is 45.7. The van der Waals surface area contributed by atoms with Crippen LogP contribution in [-0.4, -0.2) is 116 Å². The van der Waals surface area contributed by atoms with Crippen LogP contribution in [0.3, 0.4) is 0 Å². The smallest absolute Gasteiger partial charge is 0.329 e. The summed E-state index contributed by atoms with van der Waals surface area (Å²) in [5.41, 5.74) is 9.94. The van der Waals surface area contributed by atoms with Crippen molar-refractivity contribution in [3.8, 4) is 11.1 Å². The van der Waals surface area contributed by atoms with E-state index in [4.69, 9.17) is 5.73 Å². The van der Waals surface area contributed by atoms with Gasteiger partial charge in [-0.15, -0.1) is 0 Å². The second kappa shape index (κ2) is 24.3. The van der Waals surface area contributed by atoms with Gasteiger partial charge in [0.1, 0.15) is 41.3 Å².